The average Bonchev–Trinajstić information content (AvgIpc) is 3.04. The van der Waals surface area contributed by atoms with Crippen molar-refractivity contribution >= 4 is 45.0 Å². The molecule has 126 valence electrons. The third kappa shape index (κ3) is 5.61. The third-order valence-corrected chi connectivity index (χ3v) is 4.47. The number of carbonyl (C=O) groups excluding carboxylic acids is 2. The van der Waals surface area contributed by atoms with Gasteiger partial charge in [0.25, 0.3) is 5.91 Å². The standard InChI is InChI=1S/C15H14N2O5S2/c16-24(20,21)13-5-1-3-11(9-13)17-14(18)10-22-15(19)7-6-12-4-2-8-23-12/h1-9H,10H2,(H,17,18)(H2,16,20,21)/b7-6+. The molecular formula is C15H14N2O5S2. The summed E-state index contributed by atoms with van der Waals surface area (Å²) in [7, 11) is -3.86. The zero-order valence-electron chi connectivity index (χ0n) is 12.3. The molecule has 9 heteroatoms. The van der Waals surface area contributed by atoms with Crippen molar-refractivity contribution in [2.24, 2.45) is 5.14 Å². The lowest BCUT2D eigenvalue weighted by Gasteiger charge is -2.06. The van der Waals surface area contributed by atoms with Crippen molar-refractivity contribution in [3.63, 3.8) is 0 Å². The fourth-order valence-corrected chi connectivity index (χ4v) is 2.85. The first-order valence-electron chi connectivity index (χ1n) is 6.65. The van der Waals surface area contributed by atoms with Crippen molar-refractivity contribution in [2.75, 3.05) is 11.9 Å². The molecule has 0 aliphatic rings. The highest BCUT2D eigenvalue weighted by Gasteiger charge is 2.10. The molecule has 7 nitrogen and oxygen atoms in total. The maximum atomic E-state index is 11.7. The summed E-state index contributed by atoms with van der Waals surface area (Å²) >= 11 is 1.46. The Bertz CT molecular complexity index is 858. The Morgan fingerprint density at radius 3 is 2.71 bits per heavy atom. The number of hydrogen-bond acceptors (Lipinski definition) is 6. The van der Waals surface area contributed by atoms with Gasteiger partial charge in [0.2, 0.25) is 10.0 Å². The van der Waals surface area contributed by atoms with Gasteiger partial charge >= 0.3 is 5.97 Å². The summed E-state index contributed by atoms with van der Waals surface area (Å²) in [5.74, 6) is -1.25. The topological polar surface area (TPSA) is 116 Å². The highest BCUT2D eigenvalue weighted by Crippen LogP contribution is 2.14. The van der Waals surface area contributed by atoms with Crippen LogP contribution < -0.4 is 10.5 Å². The van der Waals surface area contributed by atoms with Crippen molar-refractivity contribution in [3.8, 4) is 0 Å². The van der Waals surface area contributed by atoms with Gasteiger partial charge in [-0.2, -0.15) is 0 Å². The highest BCUT2D eigenvalue weighted by molar-refractivity contribution is 7.89. The Balaban J connectivity index is 1.86. The predicted molar refractivity (Wildman–Crippen MR) is 90.8 cm³/mol. The molecular weight excluding hydrogens is 352 g/mol. The Morgan fingerprint density at radius 1 is 1.25 bits per heavy atom. The van der Waals surface area contributed by atoms with Crippen molar-refractivity contribution in [1.82, 2.24) is 0 Å². The van der Waals surface area contributed by atoms with E-state index in [1.165, 1.54) is 41.7 Å². The van der Waals surface area contributed by atoms with Crippen LogP contribution in [-0.2, 0) is 24.3 Å². The number of thiophene rings is 1. The van der Waals surface area contributed by atoms with Gasteiger partial charge in [0.15, 0.2) is 6.61 Å². The lowest BCUT2D eigenvalue weighted by atomic mass is 10.3. The lowest BCUT2D eigenvalue weighted by molar-refractivity contribution is -0.142. The molecule has 1 amide bonds. The lowest BCUT2D eigenvalue weighted by Crippen LogP contribution is -2.20. The minimum Gasteiger partial charge on any atom is -0.452 e. The first-order chi connectivity index (χ1) is 11.3. The van der Waals surface area contributed by atoms with Gasteiger partial charge in [-0.1, -0.05) is 12.1 Å². The monoisotopic (exact) mass is 366 g/mol. The molecule has 0 fully saturated rings. The van der Waals surface area contributed by atoms with Crippen LogP contribution >= 0.6 is 11.3 Å². The molecule has 0 unspecified atom stereocenters. The largest absolute Gasteiger partial charge is 0.452 e. The number of ether oxygens (including phenoxy) is 1. The van der Waals surface area contributed by atoms with Crippen LogP contribution in [0.25, 0.3) is 6.08 Å². The summed E-state index contributed by atoms with van der Waals surface area (Å²) in [4.78, 5) is 24.0. The van der Waals surface area contributed by atoms with Crippen LogP contribution in [0, 0.1) is 0 Å². The summed E-state index contributed by atoms with van der Waals surface area (Å²) in [6.07, 6.45) is 2.81. The van der Waals surface area contributed by atoms with Crippen molar-refractivity contribution in [3.05, 3.63) is 52.7 Å². The summed E-state index contributed by atoms with van der Waals surface area (Å²) in [6.45, 7) is -0.493. The first kappa shape index (κ1) is 17.9. The maximum Gasteiger partial charge on any atom is 0.331 e. The van der Waals surface area contributed by atoms with Gasteiger partial charge in [0.05, 0.1) is 4.90 Å². The zero-order valence-corrected chi connectivity index (χ0v) is 14.0. The third-order valence-electron chi connectivity index (χ3n) is 2.72. The SMILES string of the molecule is NS(=O)(=O)c1cccc(NC(=O)COC(=O)/C=C/c2cccs2)c1. The molecule has 0 saturated carbocycles. The summed E-state index contributed by atoms with van der Waals surface area (Å²) in [6, 6.07) is 9.13. The van der Waals surface area contributed by atoms with E-state index in [1.807, 2.05) is 17.5 Å². The van der Waals surface area contributed by atoms with Gasteiger partial charge in [-0.05, 0) is 35.7 Å². The number of primary sulfonamides is 1. The number of anilines is 1. The molecule has 2 aromatic rings. The van der Waals surface area contributed by atoms with Crippen LogP contribution in [0.1, 0.15) is 4.88 Å². The normalized spacial score (nSPS) is 11.4. The second-order valence-electron chi connectivity index (χ2n) is 4.58. The van der Waals surface area contributed by atoms with Gasteiger partial charge < -0.3 is 10.1 Å². The van der Waals surface area contributed by atoms with E-state index in [2.05, 4.69) is 5.32 Å². The van der Waals surface area contributed by atoms with Crippen LogP contribution in [0.4, 0.5) is 5.69 Å². The first-order valence-corrected chi connectivity index (χ1v) is 9.08. The molecule has 0 radical (unpaired) electrons. The van der Waals surface area contributed by atoms with E-state index in [-0.39, 0.29) is 10.6 Å². The molecule has 1 aromatic heterocycles. The summed E-state index contributed by atoms with van der Waals surface area (Å²) in [5, 5.41) is 9.30. The molecule has 0 saturated heterocycles. The second kappa shape index (κ2) is 7.86. The quantitative estimate of drug-likeness (QED) is 0.595. The van der Waals surface area contributed by atoms with Crippen molar-refractivity contribution < 1.29 is 22.7 Å². The van der Waals surface area contributed by atoms with Gasteiger partial charge in [0, 0.05) is 16.6 Å². The molecule has 1 aromatic carbocycles. The molecule has 24 heavy (non-hydrogen) atoms. The molecule has 0 aliphatic heterocycles. The number of carbonyl (C=O) groups is 2. The Hall–Kier alpha value is -2.49. The molecule has 1 heterocycles. The minimum absolute atomic E-state index is 0.129. The fourth-order valence-electron chi connectivity index (χ4n) is 1.67. The number of sulfonamides is 1. The molecule has 0 bridgehead atoms. The number of hydrogen-bond donors (Lipinski definition) is 2. The van der Waals surface area contributed by atoms with Crippen LogP contribution in [0.2, 0.25) is 0 Å². The van der Waals surface area contributed by atoms with E-state index < -0.39 is 28.5 Å². The van der Waals surface area contributed by atoms with E-state index in [0.717, 1.165) is 4.88 Å². The molecule has 0 spiro atoms. The predicted octanol–water partition coefficient (Wildman–Crippen LogP) is 1.59. The van der Waals surface area contributed by atoms with Crippen molar-refractivity contribution in [2.45, 2.75) is 4.90 Å². The van der Waals surface area contributed by atoms with Crippen LogP contribution in [-0.4, -0.2) is 26.9 Å². The summed E-state index contributed by atoms with van der Waals surface area (Å²) in [5.41, 5.74) is 0.233. The number of esters is 1. The van der Waals surface area contributed by atoms with E-state index >= 15 is 0 Å². The fraction of sp³-hybridized carbons (Fsp3) is 0.0667. The molecule has 0 atom stereocenters. The minimum atomic E-state index is -3.86. The molecule has 2 rings (SSSR count). The maximum absolute atomic E-state index is 11.7. The van der Waals surface area contributed by atoms with E-state index in [4.69, 9.17) is 9.88 Å². The number of amides is 1. The molecule has 0 aliphatic carbocycles. The van der Waals surface area contributed by atoms with Crippen LogP contribution in [0.15, 0.2) is 52.7 Å². The van der Waals surface area contributed by atoms with Gasteiger partial charge in [-0.15, -0.1) is 11.3 Å². The number of nitrogens with one attached hydrogen (secondary N) is 1. The average molecular weight is 366 g/mol. The number of nitrogens with two attached hydrogens (primary N) is 1. The zero-order chi connectivity index (χ0) is 17.6. The molecule has 3 N–H and O–H groups in total. The van der Waals surface area contributed by atoms with Gasteiger partial charge in [0.1, 0.15) is 0 Å². The summed E-state index contributed by atoms with van der Waals surface area (Å²) < 4.78 is 27.3. The Kier molecular flexibility index (Phi) is 5.85. The van der Waals surface area contributed by atoms with E-state index in [1.54, 1.807) is 6.08 Å². The number of rotatable bonds is 6. The Morgan fingerprint density at radius 2 is 2.04 bits per heavy atom. The van der Waals surface area contributed by atoms with Gasteiger partial charge in [-0.3, -0.25) is 4.79 Å². The van der Waals surface area contributed by atoms with E-state index in [9.17, 15) is 18.0 Å². The van der Waals surface area contributed by atoms with Gasteiger partial charge in [-0.25, -0.2) is 18.4 Å². The van der Waals surface area contributed by atoms with E-state index in [0.29, 0.717) is 0 Å². The van der Waals surface area contributed by atoms with Crippen LogP contribution in [0.3, 0.4) is 0 Å². The smallest absolute Gasteiger partial charge is 0.331 e. The highest BCUT2D eigenvalue weighted by atomic mass is 32.2. The van der Waals surface area contributed by atoms with Crippen LogP contribution in [0.5, 0.6) is 0 Å². The Labute approximate surface area is 142 Å². The number of benzene rings is 1. The second-order valence-corrected chi connectivity index (χ2v) is 7.12. The van der Waals surface area contributed by atoms with Crippen molar-refractivity contribution in [1.29, 1.82) is 0 Å².